The Morgan fingerprint density at radius 3 is 2.15 bits per heavy atom. The molecule has 0 saturated carbocycles. The summed E-state index contributed by atoms with van der Waals surface area (Å²) in [7, 11) is 0. The quantitative estimate of drug-likeness (QED) is 0.468. The van der Waals surface area contributed by atoms with Crippen LogP contribution in [0.15, 0.2) is 6.07 Å². The van der Waals surface area contributed by atoms with Gasteiger partial charge in [-0.2, -0.15) is 0 Å². The highest BCUT2D eigenvalue weighted by atomic mass is 16.5. The second-order valence-corrected chi connectivity index (χ2v) is 5.19. The summed E-state index contributed by atoms with van der Waals surface area (Å²) >= 11 is 0. The Kier molecular flexibility index (Phi) is 5.49. The number of hydrogen-bond donors (Lipinski definition) is 0. The highest BCUT2D eigenvalue weighted by molar-refractivity contribution is 6.09. The van der Waals surface area contributed by atoms with Gasteiger partial charge in [-0.05, 0) is 69.4 Å². The Morgan fingerprint density at radius 1 is 1.05 bits per heavy atom. The van der Waals surface area contributed by atoms with E-state index in [4.69, 9.17) is 4.74 Å². The molecule has 1 aromatic rings. The van der Waals surface area contributed by atoms with Crippen LogP contribution in [0.4, 0.5) is 0 Å². The minimum absolute atomic E-state index is 0.130. The fourth-order valence-electron chi connectivity index (χ4n) is 2.36. The summed E-state index contributed by atoms with van der Waals surface area (Å²) < 4.78 is 5.00. The van der Waals surface area contributed by atoms with Crippen LogP contribution in [0, 0.1) is 33.6 Å². The van der Waals surface area contributed by atoms with E-state index < -0.39 is 11.9 Å². The van der Waals surface area contributed by atoms with E-state index in [1.165, 1.54) is 5.56 Å². The van der Waals surface area contributed by atoms with Crippen LogP contribution in [0.2, 0.25) is 0 Å². The van der Waals surface area contributed by atoms with Crippen LogP contribution in [0.3, 0.4) is 0 Å². The van der Waals surface area contributed by atoms with Crippen molar-refractivity contribution in [3.8, 4) is 0 Å². The molecule has 3 heteroatoms. The number of esters is 1. The first-order valence-electron chi connectivity index (χ1n) is 7.13. The molecule has 1 atom stereocenters. The minimum atomic E-state index is -0.699. The second-order valence-electron chi connectivity index (χ2n) is 5.19. The normalized spacial score (nSPS) is 12.1. The van der Waals surface area contributed by atoms with E-state index in [-0.39, 0.29) is 5.78 Å². The van der Waals surface area contributed by atoms with Crippen molar-refractivity contribution in [1.29, 1.82) is 0 Å². The van der Waals surface area contributed by atoms with Crippen LogP contribution in [-0.4, -0.2) is 18.4 Å². The lowest BCUT2D eigenvalue weighted by Gasteiger charge is -2.17. The van der Waals surface area contributed by atoms with E-state index in [1.807, 2.05) is 33.8 Å². The molecular weight excluding hydrogens is 252 g/mol. The maximum atomic E-state index is 12.6. The Morgan fingerprint density at radius 2 is 1.65 bits per heavy atom. The van der Waals surface area contributed by atoms with Crippen molar-refractivity contribution in [3.05, 3.63) is 33.9 Å². The smallest absolute Gasteiger partial charge is 0.316 e. The summed E-state index contributed by atoms with van der Waals surface area (Å²) in [5.41, 5.74) is 5.00. The summed E-state index contributed by atoms with van der Waals surface area (Å²) in [4.78, 5) is 24.5. The zero-order valence-electron chi connectivity index (χ0n) is 13.3. The maximum absolute atomic E-state index is 12.6. The van der Waals surface area contributed by atoms with Gasteiger partial charge in [0.1, 0.15) is 5.92 Å². The van der Waals surface area contributed by atoms with E-state index in [2.05, 4.69) is 6.92 Å². The SMILES string of the molecule is CCOC(=O)C(CC)C(=O)c1cc(C)c(C)c(C)c1C. The summed E-state index contributed by atoms with van der Waals surface area (Å²) in [5.74, 6) is -1.25. The summed E-state index contributed by atoms with van der Waals surface area (Å²) in [6.45, 7) is 11.9. The van der Waals surface area contributed by atoms with Gasteiger partial charge < -0.3 is 4.74 Å². The number of rotatable bonds is 5. The van der Waals surface area contributed by atoms with Gasteiger partial charge in [-0.15, -0.1) is 0 Å². The molecule has 0 aliphatic heterocycles. The monoisotopic (exact) mass is 276 g/mol. The average molecular weight is 276 g/mol. The molecule has 1 unspecified atom stereocenters. The number of benzene rings is 1. The van der Waals surface area contributed by atoms with Crippen molar-refractivity contribution in [2.24, 2.45) is 5.92 Å². The number of Topliss-reactive ketones (excluding diaryl/α,β-unsaturated/α-hetero) is 1. The molecule has 0 bridgehead atoms. The minimum Gasteiger partial charge on any atom is -0.465 e. The Labute approximate surface area is 121 Å². The molecule has 0 N–H and O–H groups in total. The summed E-state index contributed by atoms with van der Waals surface area (Å²) in [5, 5.41) is 0. The fraction of sp³-hybridized carbons (Fsp3) is 0.529. The van der Waals surface area contributed by atoms with Gasteiger partial charge >= 0.3 is 5.97 Å². The van der Waals surface area contributed by atoms with E-state index >= 15 is 0 Å². The van der Waals surface area contributed by atoms with Crippen LogP contribution in [0.1, 0.15) is 52.9 Å². The maximum Gasteiger partial charge on any atom is 0.316 e. The fourth-order valence-corrected chi connectivity index (χ4v) is 2.36. The van der Waals surface area contributed by atoms with E-state index in [1.54, 1.807) is 6.92 Å². The predicted molar refractivity (Wildman–Crippen MR) is 80.1 cm³/mol. The van der Waals surface area contributed by atoms with Gasteiger partial charge in [0.2, 0.25) is 0 Å². The molecule has 1 rings (SSSR count). The molecule has 0 heterocycles. The van der Waals surface area contributed by atoms with Crippen LogP contribution >= 0.6 is 0 Å². The zero-order chi connectivity index (χ0) is 15.4. The first-order chi connectivity index (χ1) is 9.34. The van der Waals surface area contributed by atoms with E-state index in [0.717, 1.165) is 16.7 Å². The topological polar surface area (TPSA) is 43.4 Å². The first kappa shape index (κ1) is 16.4. The molecule has 20 heavy (non-hydrogen) atoms. The lowest BCUT2D eigenvalue weighted by molar-refractivity contribution is -0.146. The second kappa shape index (κ2) is 6.69. The molecule has 0 saturated heterocycles. The van der Waals surface area contributed by atoms with E-state index in [0.29, 0.717) is 18.6 Å². The summed E-state index contributed by atoms with van der Waals surface area (Å²) in [6.07, 6.45) is 0.461. The number of carbonyl (C=O) groups is 2. The molecule has 3 nitrogen and oxygen atoms in total. The Bertz CT molecular complexity index is 530. The number of hydrogen-bond acceptors (Lipinski definition) is 3. The largest absolute Gasteiger partial charge is 0.465 e. The molecular formula is C17H24O3. The van der Waals surface area contributed by atoms with Crippen molar-refractivity contribution in [2.45, 2.75) is 48.0 Å². The van der Waals surface area contributed by atoms with Gasteiger partial charge in [0.25, 0.3) is 0 Å². The van der Waals surface area contributed by atoms with Crippen LogP contribution in [0.25, 0.3) is 0 Å². The van der Waals surface area contributed by atoms with Gasteiger partial charge in [-0.25, -0.2) is 0 Å². The lowest BCUT2D eigenvalue weighted by atomic mass is 9.87. The Balaban J connectivity index is 3.23. The third-order valence-electron chi connectivity index (χ3n) is 4.04. The molecule has 0 aliphatic rings. The molecule has 0 aromatic heterocycles. The molecule has 0 spiro atoms. The van der Waals surface area contributed by atoms with Crippen molar-refractivity contribution in [3.63, 3.8) is 0 Å². The first-order valence-corrected chi connectivity index (χ1v) is 7.13. The van der Waals surface area contributed by atoms with Crippen LogP contribution < -0.4 is 0 Å². The number of ether oxygens (including phenoxy) is 1. The summed E-state index contributed by atoms with van der Waals surface area (Å²) in [6, 6.07) is 1.89. The molecule has 0 fully saturated rings. The van der Waals surface area contributed by atoms with Crippen LogP contribution in [-0.2, 0) is 9.53 Å². The Hall–Kier alpha value is -1.64. The van der Waals surface area contributed by atoms with Gasteiger partial charge in [-0.1, -0.05) is 6.92 Å². The lowest BCUT2D eigenvalue weighted by Crippen LogP contribution is -2.26. The van der Waals surface area contributed by atoms with Crippen LogP contribution in [0.5, 0.6) is 0 Å². The molecule has 0 aliphatic carbocycles. The standard InChI is InChI=1S/C17H24O3/c1-7-14(17(19)20-8-2)16(18)15-9-10(3)11(4)12(5)13(15)6/h9,14H,7-8H2,1-6H3. The number of ketones is 1. The van der Waals surface area contributed by atoms with Crippen molar-refractivity contribution < 1.29 is 14.3 Å². The van der Waals surface area contributed by atoms with Crippen molar-refractivity contribution in [1.82, 2.24) is 0 Å². The zero-order valence-corrected chi connectivity index (χ0v) is 13.3. The van der Waals surface area contributed by atoms with E-state index in [9.17, 15) is 9.59 Å². The van der Waals surface area contributed by atoms with Gasteiger partial charge in [-0.3, -0.25) is 9.59 Å². The number of carbonyl (C=O) groups excluding carboxylic acids is 2. The molecule has 1 aromatic carbocycles. The third kappa shape index (κ3) is 3.09. The number of aryl methyl sites for hydroxylation is 1. The van der Waals surface area contributed by atoms with Gasteiger partial charge in [0, 0.05) is 5.56 Å². The highest BCUT2D eigenvalue weighted by Crippen LogP contribution is 2.24. The molecule has 0 amide bonds. The van der Waals surface area contributed by atoms with Gasteiger partial charge in [0.05, 0.1) is 6.61 Å². The third-order valence-corrected chi connectivity index (χ3v) is 4.04. The van der Waals surface area contributed by atoms with Gasteiger partial charge in [0.15, 0.2) is 5.78 Å². The highest BCUT2D eigenvalue weighted by Gasteiger charge is 2.28. The predicted octanol–water partition coefficient (Wildman–Crippen LogP) is 3.69. The van der Waals surface area contributed by atoms with Crippen molar-refractivity contribution >= 4 is 11.8 Å². The average Bonchev–Trinajstić information content (AvgIpc) is 2.41. The van der Waals surface area contributed by atoms with Crippen molar-refractivity contribution in [2.75, 3.05) is 6.61 Å². The molecule has 0 radical (unpaired) electrons. The molecule has 110 valence electrons.